The Morgan fingerprint density at radius 3 is 2.70 bits per heavy atom. The lowest BCUT2D eigenvalue weighted by Crippen LogP contribution is -2.48. The van der Waals surface area contributed by atoms with Crippen molar-refractivity contribution in [1.82, 2.24) is 4.90 Å². The molecule has 2 aliphatic heterocycles. The van der Waals surface area contributed by atoms with Crippen molar-refractivity contribution >= 4 is 11.7 Å². The summed E-state index contributed by atoms with van der Waals surface area (Å²) in [5.74, 6) is -0.277. The first-order chi connectivity index (χ1) is 14.8. The van der Waals surface area contributed by atoms with Crippen molar-refractivity contribution in [3.8, 4) is 0 Å². The van der Waals surface area contributed by atoms with Crippen LogP contribution in [0.2, 0.25) is 0 Å². The smallest absolute Gasteiger partial charge is 0.332 e. The SMILES string of the molecule is CCOC(=O)COCCCCN1CCN2c3ccccc3Cc3ccccc3C2C1. The fraction of sp³-hybridized carbons (Fsp3) is 0.480. The highest BCUT2D eigenvalue weighted by Gasteiger charge is 2.32. The number of rotatable bonds is 8. The summed E-state index contributed by atoms with van der Waals surface area (Å²) in [4.78, 5) is 16.5. The van der Waals surface area contributed by atoms with Crippen LogP contribution >= 0.6 is 0 Å². The number of unbranched alkanes of at least 4 members (excludes halogenated alkanes) is 1. The largest absolute Gasteiger partial charge is 0.464 e. The second kappa shape index (κ2) is 10.1. The van der Waals surface area contributed by atoms with Crippen LogP contribution in [0.5, 0.6) is 0 Å². The van der Waals surface area contributed by atoms with E-state index in [1.165, 1.54) is 22.4 Å². The molecule has 0 saturated carbocycles. The Balaban J connectivity index is 1.34. The molecular formula is C25H32N2O3. The molecule has 2 aromatic carbocycles. The topological polar surface area (TPSA) is 42.0 Å². The van der Waals surface area contributed by atoms with Crippen molar-refractivity contribution in [2.45, 2.75) is 32.2 Å². The number of fused-ring (bicyclic) bond motifs is 5. The molecule has 0 amide bonds. The molecule has 0 bridgehead atoms. The van der Waals surface area contributed by atoms with Crippen LogP contribution in [0, 0.1) is 0 Å². The molecule has 2 aromatic rings. The maximum Gasteiger partial charge on any atom is 0.332 e. The van der Waals surface area contributed by atoms with E-state index in [4.69, 9.17) is 9.47 Å². The fourth-order valence-corrected chi connectivity index (χ4v) is 4.66. The van der Waals surface area contributed by atoms with Crippen LogP contribution in [0.1, 0.15) is 42.5 Å². The lowest BCUT2D eigenvalue weighted by Gasteiger charge is -2.43. The number of para-hydroxylation sites is 1. The van der Waals surface area contributed by atoms with Crippen LogP contribution in [0.4, 0.5) is 5.69 Å². The molecule has 160 valence electrons. The third kappa shape index (κ3) is 4.85. The molecule has 5 heteroatoms. The number of esters is 1. The molecule has 1 saturated heterocycles. The van der Waals surface area contributed by atoms with Crippen LogP contribution in [-0.2, 0) is 20.7 Å². The Kier molecular flexibility index (Phi) is 7.03. The minimum Gasteiger partial charge on any atom is -0.464 e. The highest BCUT2D eigenvalue weighted by atomic mass is 16.6. The summed E-state index contributed by atoms with van der Waals surface area (Å²) in [5.41, 5.74) is 5.74. The lowest BCUT2D eigenvalue weighted by molar-refractivity contribution is -0.148. The molecule has 0 spiro atoms. The lowest BCUT2D eigenvalue weighted by atomic mass is 9.96. The van der Waals surface area contributed by atoms with Crippen molar-refractivity contribution in [2.75, 3.05) is 50.9 Å². The summed E-state index contributed by atoms with van der Waals surface area (Å²) >= 11 is 0. The molecule has 0 N–H and O–H groups in total. The standard InChI is InChI=1S/C25H32N2O3/c1-2-30-25(28)19-29-16-8-7-13-26-14-15-27-23-12-6-4-10-21(23)17-20-9-3-5-11-22(20)24(27)18-26/h3-6,9-12,24H,2,7-8,13-19H2,1H3. The summed E-state index contributed by atoms with van der Waals surface area (Å²) in [6.45, 7) is 7.13. The van der Waals surface area contributed by atoms with E-state index in [-0.39, 0.29) is 12.6 Å². The summed E-state index contributed by atoms with van der Waals surface area (Å²) in [5, 5.41) is 0. The average molecular weight is 409 g/mol. The summed E-state index contributed by atoms with van der Waals surface area (Å²) in [6, 6.07) is 18.2. The van der Waals surface area contributed by atoms with E-state index < -0.39 is 0 Å². The molecule has 0 radical (unpaired) electrons. The second-order valence-corrected chi connectivity index (χ2v) is 8.08. The van der Waals surface area contributed by atoms with Gasteiger partial charge in [0.15, 0.2) is 0 Å². The first-order valence-electron chi connectivity index (χ1n) is 11.1. The molecule has 30 heavy (non-hydrogen) atoms. The van der Waals surface area contributed by atoms with Gasteiger partial charge in [0.1, 0.15) is 6.61 Å². The number of nitrogens with zero attached hydrogens (tertiary/aromatic N) is 2. The number of ether oxygens (including phenoxy) is 2. The van der Waals surface area contributed by atoms with Gasteiger partial charge in [0.2, 0.25) is 0 Å². The molecule has 0 aromatic heterocycles. The minimum absolute atomic E-state index is 0.0603. The van der Waals surface area contributed by atoms with Gasteiger partial charge in [-0.3, -0.25) is 4.90 Å². The number of hydrogen-bond acceptors (Lipinski definition) is 5. The highest BCUT2D eigenvalue weighted by molar-refractivity contribution is 5.70. The molecule has 1 atom stereocenters. The van der Waals surface area contributed by atoms with Gasteiger partial charge in [-0.1, -0.05) is 42.5 Å². The van der Waals surface area contributed by atoms with Gasteiger partial charge in [-0.2, -0.15) is 0 Å². The number of carbonyl (C=O) groups excluding carboxylic acids is 1. The van der Waals surface area contributed by atoms with Crippen molar-refractivity contribution in [2.24, 2.45) is 0 Å². The zero-order valence-corrected chi connectivity index (χ0v) is 17.9. The van der Waals surface area contributed by atoms with Crippen LogP contribution in [-0.4, -0.2) is 56.9 Å². The quantitative estimate of drug-likeness (QED) is 0.491. The molecule has 4 rings (SSSR count). The Labute approximate surface area is 179 Å². The molecule has 0 aliphatic carbocycles. The van der Waals surface area contributed by atoms with Crippen molar-refractivity contribution < 1.29 is 14.3 Å². The van der Waals surface area contributed by atoms with Crippen LogP contribution in [0.3, 0.4) is 0 Å². The third-order valence-electron chi connectivity index (χ3n) is 6.10. The Morgan fingerprint density at radius 2 is 1.83 bits per heavy atom. The zero-order valence-electron chi connectivity index (χ0n) is 17.9. The number of benzene rings is 2. The molecule has 1 unspecified atom stereocenters. The summed E-state index contributed by atoms with van der Waals surface area (Å²) < 4.78 is 10.3. The van der Waals surface area contributed by atoms with Crippen LogP contribution < -0.4 is 4.90 Å². The number of carbonyl (C=O) groups is 1. The van der Waals surface area contributed by atoms with Crippen LogP contribution in [0.25, 0.3) is 0 Å². The van der Waals surface area contributed by atoms with E-state index in [9.17, 15) is 4.79 Å². The minimum atomic E-state index is -0.277. The molecular weight excluding hydrogens is 376 g/mol. The maximum absolute atomic E-state index is 11.3. The maximum atomic E-state index is 11.3. The second-order valence-electron chi connectivity index (χ2n) is 8.08. The van der Waals surface area contributed by atoms with E-state index in [0.717, 1.165) is 45.4 Å². The number of hydrogen-bond donors (Lipinski definition) is 0. The molecule has 1 fully saturated rings. The van der Waals surface area contributed by atoms with Gasteiger partial charge in [-0.25, -0.2) is 4.79 Å². The predicted molar refractivity (Wildman–Crippen MR) is 119 cm³/mol. The Hall–Kier alpha value is -2.37. The first-order valence-corrected chi connectivity index (χ1v) is 11.1. The summed E-state index contributed by atoms with van der Waals surface area (Å²) in [7, 11) is 0. The average Bonchev–Trinajstić information content (AvgIpc) is 2.90. The molecule has 2 aliphatic rings. The van der Waals surface area contributed by atoms with Gasteiger partial charge in [-0.05, 0) is 55.5 Å². The Morgan fingerprint density at radius 1 is 1.03 bits per heavy atom. The van der Waals surface area contributed by atoms with Gasteiger partial charge < -0.3 is 14.4 Å². The van der Waals surface area contributed by atoms with Crippen molar-refractivity contribution in [3.63, 3.8) is 0 Å². The van der Waals surface area contributed by atoms with E-state index in [0.29, 0.717) is 19.3 Å². The van der Waals surface area contributed by atoms with E-state index in [1.807, 2.05) is 6.92 Å². The molecule has 5 nitrogen and oxygen atoms in total. The number of anilines is 1. The van der Waals surface area contributed by atoms with Gasteiger partial charge in [-0.15, -0.1) is 0 Å². The van der Waals surface area contributed by atoms with Gasteiger partial charge in [0.05, 0.1) is 12.6 Å². The third-order valence-corrected chi connectivity index (χ3v) is 6.10. The van der Waals surface area contributed by atoms with E-state index in [1.54, 1.807) is 0 Å². The zero-order chi connectivity index (χ0) is 20.8. The highest BCUT2D eigenvalue weighted by Crippen LogP contribution is 2.39. The van der Waals surface area contributed by atoms with Gasteiger partial charge in [0.25, 0.3) is 0 Å². The van der Waals surface area contributed by atoms with E-state index in [2.05, 4.69) is 58.3 Å². The monoisotopic (exact) mass is 408 g/mol. The molecule has 2 heterocycles. The van der Waals surface area contributed by atoms with Gasteiger partial charge >= 0.3 is 5.97 Å². The van der Waals surface area contributed by atoms with E-state index >= 15 is 0 Å². The van der Waals surface area contributed by atoms with Crippen molar-refractivity contribution in [1.29, 1.82) is 0 Å². The predicted octanol–water partition coefficient (Wildman–Crippen LogP) is 3.81. The van der Waals surface area contributed by atoms with Crippen LogP contribution in [0.15, 0.2) is 48.5 Å². The van der Waals surface area contributed by atoms with Crippen molar-refractivity contribution in [3.05, 3.63) is 65.2 Å². The fourth-order valence-electron chi connectivity index (χ4n) is 4.66. The van der Waals surface area contributed by atoms with Gasteiger partial charge in [0, 0.05) is 31.9 Å². The summed E-state index contributed by atoms with van der Waals surface area (Å²) in [6.07, 6.45) is 3.05. The number of piperazine rings is 1. The Bertz CT molecular complexity index is 854. The first kappa shape index (κ1) is 20.9. The normalized spacial score (nSPS) is 18.2.